The van der Waals surface area contributed by atoms with Crippen molar-refractivity contribution in [3.63, 3.8) is 0 Å². The highest BCUT2D eigenvalue weighted by Crippen LogP contribution is 2.32. The highest BCUT2D eigenvalue weighted by Gasteiger charge is 2.32. The SMILES string of the molecule is CCC(c1ccccc1)N(Cc1ccc(C(=O)N[C@@H](CO)[C@H](C)O)cc1)S(=O)(=O)c1ccc(Cl)cc1. The molecule has 3 N–H and O–H groups in total. The van der Waals surface area contributed by atoms with Crippen LogP contribution in [0.1, 0.15) is 47.8 Å². The van der Waals surface area contributed by atoms with Gasteiger partial charge in [-0.25, -0.2) is 8.42 Å². The Bertz CT molecular complexity index is 1230. The minimum Gasteiger partial charge on any atom is -0.394 e. The maximum absolute atomic E-state index is 13.8. The van der Waals surface area contributed by atoms with Gasteiger partial charge in [0.05, 0.1) is 29.7 Å². The molecule has 7 nitrogen and oxygen atoms in total. The smallest absolute Gasteiger partial charge is 0.251 e. The summed E-state index contributed by atoms with van der Waals surface area (Å²) >= 11 is 5.99. The van der Waals surface area contributed by atoms with Gasteiger partial charge in [0, 0.05) is 17.1 Å². The quantitative estimate of drug-likeness (QED) is 0.345. The lowest BCUT2D eigenvalue weighted by Crippen LogP contribution is -2.44. The summed E-state index contributed by atoms with van der Waals surface area (Å²) in [4.78, 5) is 12.7. The van der Waals surface area contributed by atoms with E-state index in [9.17, 15) is 23.4 Å². The van der Waals surface area contributed by atoms with Crippen molar-refractivity contribution in [2.45, 2.75) is 49.9 Å². The average molecular weight is 531 g/mol. The van der Waals surface area contributed by atoms with Crippen molar-refractivity contribution in [2.75, 3.05) is 6.61 Å². The number of sulfonamides is 1. The third kappa shape index (κ3) is 6.72. The van der Waals surface area contributed by atoms with Crippen molar-refractivity contribution in [2.24, 2.45) is 0 Å². The minimum atomic E-state index is -3.89. The lowest BCUT2D eigenvalue weighted by molar-refractivity contribution is 0.0758. The summed E-state index contributed by atoms with van der Waals surface area (Å²) in [5, 5.41) is 22.0. The predicted octanol–water partition coefficient (Wildman–Crippen LogP) is 4.15. The Morgan fingerprint density at radius 1 is 1.00 bits per heavy atom. The van der Waals surface area contributed by atoms with Crippen molar-refractivity contribution in [1.29, 1.82) is 0 Å². The Morgan fingerprint density at radius 2 is 1.61 bits per heavy atom. The number of hydrogen-bond acceptors (Lipinski definition) is 5. The number of halogens is 1. The van der Waals surface area contributed by atoms with Gasteiger partial charge in [0.1, 0.15) is 0 Å². The molecule has 0 aliphatic heterocycles. The summed E-state index contributed by atoms with van der Waals surface area (Å²) in [6.45, 7) is 3.12. The van der Waals surface area contributed by atoms with E-state index in [2.05, 4.69) is 5.32 Å². The summed E-state index contributed by atoms with van der Waals surface area (Å²) < 4.78 is 29.0. The van der Waals surface area contributed by atoms with Crippen LogP contribution in [0.25, 0.3) is 0 Å². The van der Waals surface area contributed by atoms with Crippen LogP contribution >= 0.6 is 11.6 Å². The van der Waals surface area contributed by atoms with E-state index in [1.54, 1.807) is 36.4 Å². The molecule has 0 aliphatic rings. The van der Waals surface area contributed by atoms with E-state index < -0.39 is 40.7 Å². The maximum atomic E-state index is 13.8. The molecule has 0 aromatic heterocycles. The van der Waals surface area contributed by atoms with E-state index in [4.69, 9.17) is 11.6 Å². The van der Waals surface area contributed by atoms with Crippen LogP contribution in [-0.2, 0) is 16.6 Å². The van der Waals surface area contributed by atoms with Crippen molar-refractivity contribution >= 4 is 27.5 Å². The van der Waals surface area contributed by atoms with E-state index in [1.807, 2.05) is 37.3 Å². The number of aliphatic hydroxyl groups is 2. The number of hydrogen-bond donors (Lipinski definition) is 3. The Labute approximate surface area is 217 Å². The molecule has 0 heterocycles. The summed E-state index contributed by atoms with van der Waals surface area (Å²) in [5.41, 5.74) is 1.91. The molecule has 192 valence electrons. The van der Waals surface area contributed by atoms with E-state index in [1.165, 1.54) is 23.4 Å². The molecule has 0 spiro atoms. The first-order chi connectivity index (χ1) is 17.2. The molecule has 3 aromatic carbocycles. The van der Waals surface area contributed by atoms with Crippen LogP contribution < -0.4 is 5.32 Å². The second-order valence-corrected chi connectivity index (χ2v) is 10.9. The van der Waals surface area contributed by atoms with Crippen LogP contribution in [0.5, 0.6) is 0 Å². The molecule has 1 unspecified atom stereocenters. The zero-order chi connectivity index (χ0) is 26.3. The first-order valence-corrected chi connectivity index (χ1v) is 13.5. The number of rotatable bonds is 11. The van der Waals surface area contributed by atoms with Gasteiger partial charge in [0.25, 0.3) is 5.91 Å². The molecule has 0 saturated heterocycles. The van der Waals surface area contributed by atoms with Gasteiger partial charge in [-0.15, -0.1) is 0 Å². The molecule has 0 radical (unpaired) electrons. The Kier molecular flexibility index (Phi) is 9.64. The molecule has 3 rings (SSSR count). The molecule has 3 atom stereocenters. The van der Waals surface area contributed by atoms with Gasteiger partial charge < -0.3 is 15.5 Å². The average Bonchev–Trinajstić information content (AvgIpc) is 2.88. The monoisotopic (exact) mass is 530 g/mol. The second-order valence-electron chi connectivity index (χ2n) is 8.54. The number of nitrogens with zero attached hydrogens (tertiary/aromatic N) is 1. The van der Waals surface area contributed by atoms with Gasteiger partial charge >= 0.3 is 0 Å². The zero-order valence-electron chi connectivity index (χ0n) is 20.2. The number of benzene rings is 3. The minimum absolute atomic E-state index is 0.0905. The fourth-order valence-electron chi connectivity index (χ4n) is 3.90. The van der Waals surface area contributed by atoms with Gasteiger partial charge in [-0.05, 0) is 60.9 Å². The fourth-order valence-corrected chi connectivity index (χ4v) is 5.70. The van der Waals surface area contributed by atoms with Crippen LogP contribution in [0.2, 0.25) is 5.02 Å². The van der Waals surface area contributed by atoms with E-state index in [-0.39, 0.29) is 11.4 Å². The highest BCUT2D eigenvalue weighted by atomic mass is 35.5. The number of nitrogens with one attached hydrogen (secondary N) is 1. The third-order valence-electron chi connectivity index (χ3n) is 5.99. The van der Waals surface area contributed by atoms with Gasteiger partial charge in [-0.1, -0.05) is 61.0 Å². The van der Waals surface area contributed by atoms with Crippen LogP contribution in [0.4, 0.5) is 0 Å². The highest BCUT2D eigenvalue weighted by molar-refractivity contribution is 7.89. The Morgan fingerprint density at radius 3 is 2.14 bits per heavy atom. The fraction of sp³-hybridized carbons (Fsp3) is 0.296. The molecule has 0 fully saturated rings. The summed E-state index contributed by atoms with van der Waals surface area (Å²) in [5.74, 6) is -0.442. The predicted molar refractivity (Wildman–Crippen MR) is 140 cm³/mol. The van der Waals surface area contributed by atoms with Crippen LogP contribution in [0, 0.1) is 0 Å². The first kappa shape index (κ1) is 27.8. The van der Waals surface area contributed by atoms with Crippen LogP contribution in [0.15, 0.2) is 83.8 Å². The number of carbonyl (C=O) groups is 1. The number of aliphatic hydroxyl groups excluding tert-OH is 2. The molecule has 3 aromatic rings. The van der Waals surface area contributed by atoms with Crippen molar-refractivity contribution in [3.8, 4) is 0 Å². The lowest BCUT2D eigenvalue weighted by Gasteiger charge is -2.31. The Balaban J connectivity index is 1.93. The molecule has 0 saturated carbocycles. The van der Waals surface area contributed by atoms with Crippen LogP contribution in [0.3, 0.4) is 0 Å². The molecular weight excluding hydrogens is 500 g/mol. The number of amides is 1. The van der Waals surface area contributed by atoms with E-state index in [0.717, 1.165) is 5.56 Å². The zero-order valence-corrected chi connectivity index (χ0v) is 21.8. The van der Waals surface area contributed by atoms with Gasteiger partial charge in [-0.2, -0.15) is 4.31 Å². The lowest BCUT2D eigenvalue weighted by atomic mass is 10.0. The molecule has 1 amide bonds. The van der Waals surface area contributed by atoms with Crippen molar-refractivity contribution in [3.05, 3.63) is 101 Å². The topological polar surface area (TPSA) is 107 Å². The summed E-state index contributed by atoms with van der Waals surface area (Å²) in [6, 6.07) is 21.0. The Hall–Kier alpha value is -2.75. The van der Waals surface area contributed by atoms with E-state index >= 15 is 0 Å². The first-order valence-electron chi connectivity index (χ1n) is 11.7. The molecule has 0 bridgehead atoms. The van der Waals surface area contributed by atoms with Gasteiger partial charge in [0.2, 0.25) is 10.0 Å². The summed E-state index contributed by atoms with van der Waals surface area (Å²) in [7, 11) is -3.89. The van der Waals surface area contributed by atoms with Crippen LogP contribution in [-0.4, -0.2) is 47.6 Å². The molecule has 0 aliphatic carbocycles. The summed E-state index contributed by atoms with van der Waals surface area (Å²) in [6.07, 6.45) is -0.354. The normalized spacial score (nSPS) is 14.3. The van der Waals surface area contributed by atoms with E-state index in [0.29, 0.717) is 22.6 Å². The number of carbonyl (C=O) groups excluding carboxylic acids is 1. The van der Waals surface area contributed by atoms with Gasteiger partial charge in [0.15, 0.2) is 0 Å². The van der Waals surface area contributed by atoms with Crippen molar-refractivity contribution < 1.29 is 23.4 Å². The molecule has 9 heteroatoms. The van der Waals surface area contributed by atoms with Crippen molar-refractivity contribution in [1.82, 2.24) is 9.62 Å². The maximum Gasteiger partial charge on any atom is 0.251 e. The molecule has 36 heavy (non-hydrogen) atoms. The third-order valence-corrected chi connectivity index (χ3v) is 8.11. The largest absolute Gasteiger partial charge is 0.394 e. The standard InChI is InChI=1S/C27H31ClN2O5S/c1-3-26(21-7-5-4-6-8-21)30(36(34,35)24-15-13-23(28)14-16-24)17-20-9-11-22(12-10-20)27(33)29-25(18-31)19(2)32/h4-16,19,25-26,31-32H,3,17-18H2,1-2H3,(H,29,33)/t19-,25-,26?/m0/s1. The second kappa shape index (κ2) is 12.5. The molecular formula is C27H31ClN2O5S. The van der Waals surface area contributed by atoms with Gasteiger partial charge in [-0.3, -0.25) is 4.79 Å².